The summed E-state index contributed by atoms with van der Waals surface area (Å²) in [5.41, 5.74) is 7.26. The molecule has 0 bridgehead atoms. The number of rotatable bonds is 11. The molecule has 3 aromatic rings. The van der Waals surface area contributed by atoms with Crippen LogP contribution in [0.4, 0.5) is 17.3 Å². The van der Waals surface area contributed by atoms with E-state index in [2.05, 4.69) is 15.6 Å². The van der Waals surface area contributed by atoms with Crippen molar-refractivity contribution < 1.29 is 14.5 Å². The van der Waals surface area contributed by atoms with Gasteiger partial charge in [-0.2, -0.15) is 0 Å². The molecule has 0 aliphatic rings. The van der Waals surface area contributed by atoms with Crippen LogP contribution in [0, 0.1) is 10.1 Å². The number of nitrogen functional groups attached to an aromatic ring is 1. The first-order valence-corrected chi connectivity index (χ1v) is 11.1. The van der Waals surface area contributed by atoms with E-state index in [4.69, 9.17) is 33.7 Å². The number of amides is 1. The molecule has 2 aromatic heterocycles. The van der Waals surface area contributed by atoms with Gasteiger partial charge in [0.1, 0.15) is 5.82 Å². The lowest BCUT2D eigenvalue weighted by molar-refractivity contribution is -0.384. The summed E-state index contributed by atoms with van der Waals surface area (Å²) in [5, 5.41) is 17.7. The van der Waals surface area contributed by atoms with Crippen LogP contribution >= 0.6 is 23.2 Å². The van der Waals surface area contributed by atoms with Gasteiger partial charge in [-0.3, -0.25) is 14.9 Å². The van der Waals surface area contributed by atoms with Crippen molar-refractivity contribution in [2.24, 2.45) is 0 Å². The zero-order valence-corrected chi connectivity index (χ0v) is 19.9. The van der Waals surface area contributed by atoms with Crippen molar-refractivity contribution in [2.45, 2.75) is 13.0 Å². The summed E-state index contributed by atoms with van der Waals surface area (Å²) in [6.07, 6.45) is 4.32. The van der Waals surface area contributed by atoms with E-state index >= 15 is 0 Å². The van der Waals surface area contributed by atoms with Gasteiger partial charge in [-0.1, -0.05) is 29.3 Å². The molecule has 10 nitrogen and oxygen atoms in total. The molecule has 0 aliphatic heterocycles. The van der Waals surface area contributed by atoms with Crippen molar-refractivity contribution >= 4 is 46.4 Å². The summed E-state index contributed by atoms with van der Waals surface area (Å²) in [7, 11) is 1.57. The van der Waals surface area contributed by atoms with E-state index in [0.717, 1.165) is 0 Å². The number of nitrogens with two attached hydrogens (primary N) is 1. The smallest absolute Gasteiger partial charge is 0.311 e. The number of halogens is 2. The fraction of sp³-hybridized carbons (Fsp3) is 0.273. The molecular weight excluding hydrogens is 483 g/mol. The number of nitro groups is 1. The van der Waals surface area contributed by atoms with Crippen LogP contribution in [0.5, 0.6) is 0 Å². The summed E-state index contributed by atoms with van der Waals surface area (Å²) < 4.78 is 6.91. The van der Waals surface area contributed by atoms with Crippen molar-refractivity contribution in [1.29, 1.82) is 0 Å². The highest BCUT2D eigenvalue weighted by atomic mass is 35.5. The van der Waals surface area contributed by atoms with E-state index in [1.807, 2.05) is 10.8 Å². The number of carbonyl (C=O) groups is 1. The van der Waals surface area contributed by atoms with Gasteiger partial charge in [0.05, 0.1) is 17.1 Å². The number of aromatic nitrogens is 2. The van der Waals surface area contributed by atoms with Crippen molar-refractivity contribution in [3.05, 3.63) is 68.4 Å². The number of hydrogen-bond acceptors (Lipinski definition) is 7. The molecule has 1 amide bonds. The highest BCUT2D eigenvalue weighted by molar-refractivity contribution is 6.36. The Hall–Kier alpha value is -3.34. The maximum absolute atomic E-state index is 12.8. The van der Waals surface area contributed by atoms with Crippen LogP contribution in [0.3, 0.4) is 0 Å². The number of nitrogens with one attached hydrogen (secondary N) is 2. The third-order valence-electron chi connectivity index (χ3n) is 4.94. The van der Waals surface area contributed by atoms with E-state index in [1.165, 1.54) is 12.1 Å². The Morgan fingerprint density at radius 2 is 2.00 bits per heavy atom. The van der Waals surface area contributed by atoms with Gasteiger partial charge in [0.2, 0.25) is 5.82 Å². The molecule has 0 saturated heterocycles. The van der Waals surface area contributed by atoms with Crippen LogP contribution in [-0.2, 0) is 11.3 Å². The number of pyridine rings is 1. The molecular formula is C22H24Cl2N6O4. The highest BCUT2D eigenvalue weighted by Crippen LogP contribution is 2.33. The topological polar surface area (TPSA) is 137 Å². The van der Waals surface area contributed by atoms with Gasteiger partial charge in [-0.05, 0) is 24.6 Å². The first-order valence-electron chi connectivity index (χ1n) is 10.4. The number of ether oxygens (including phenoxy) is 1. The Morgan fingerprint density at radius 3 is 2.68 bits per heavy atom. The van der Waals surface area contributed by atoms with Crippen molar-refractivity contribution in [3.8, 4) is 11.1 Å². The average Bonchev–Trinajstić information content (AvgIpc) is 3.20. The molecule has 0 spiro atoms. The summed E-state index contributed by atoms with van der Waals surface area (Å²) in [6.45, 7) is 1.91. The molecule has 0 unspecified atom stereocenters. The Labute approximate surface area is 206 Å². The van der Waals surface area contributed by atoms with Crippen LogP contribution in [-0.4, -0.2) is 47.2 Å². The molecule has 2 heterocycles. The number of hydrogen-bond donors (Lipinski definition) is 3. The number of benzene rings is 1. The zero-order chi connectivity index (χ0) is 24.7. The molecule has 3 rings (SSSR count). The second-order valence-corrected chi connectivity index (χ2v) is 8.18. The van der Waals surface area contributed by atoms with Crippen LogP contribution < -0.4 is 16.4 Å². The zero-order valence-electron chi connectivity index (χ0n) is 18.4. The first-order chi connectivity index (χ1) is 16.3. The van der Waals surface area contributed by atoms with Gasteiger partial charge in [0, 0.05) is 66.4 Å². The SMILES string of the molecule is COCCNC(=O)c1cn(CCCNc2ccc([N+](=O)[O-])c(N)n2)cc1-c1ccc(Cl)cc1Cl. The van der Waals surface area contributed by atoms with Gasteiger partial charge in [-0.25, -0.2) is 4.98 Å². The maximum atomic E-state index is 12.8. The Morgan fingerprint density at radius 1 is 1.21 bits per heavy atom. The lowest BCUT2D eigenvalue weighted by atomic mass is 10.0. The van der Waals surface area contributed by atoms with Gasteiger partial charge in [0.25, 0.3) is 5.91 Å². The molecule has 0 atom stereocenters. The highest BCUT2D eigenvalue weighted by Gasteiger charge is 2.18. The molecule has 180 valence electrons. The molecule has 34 heavy (non-hydrogen) atoms. The van der Waals surface area contributed by atoms with Gasteiger partial charge >= 0.3 is 5.69 Å². The Bertz CT molecular complexity index is 1180. The van der Waals surface area contributed by atoms with Crippen LogP contribution in [0.15, 0.2) is 42.7 Å². The molecule has 4 N–H and O–H groups in total. The van der Waals surface area contributed by atoms with E-state index in [1.54, 1.807) is 31.5 Å². The summed E-state index contributed by atoms with van der Waals surface area (Å²) in [6, 6.07) is 7.96. The van der Waals surface area contributed by atoms with Crippen LogP contribution in [0.25, 0.3) is 11.1 Å². The minimum atomic E-state index is -0.578. The predicted molar refractivity (Wildman–Crippen MR) is 133 cm³/mol. The van der Waals surface area contributed by atoms with Crippen LogP contribution in [0.1, 0.15) is 16.8 Å². The fourth-order valence-corrected chi connectivity index (χ4v) is 3.81. The van der Waals surface area contributed by atoms with Crippen molar-refractivity contribution in [3.63, 3.8) is 0 Å². The quantitative estimate of drug-likeness (QED) is 0.201. The molecule has 0 aliphatic carbocycles. The third-order valence-corrected chi connectivity index (χ3v) is 5.48. The maximum Gasteiger partial charge on any atom is 0.311 e. The Balaban J connectivity index is 1.71. The summed E-state index contributed by atoms with van der Waals surface area (Å²) >= 11 is 12.4. The number of aryl methyl sites for hydroxylation is 1. The molecule has 1 aromatic carbocycles. The standard InChI is InChI=1S/C22H24Cl2N6O4/c1-34-10-8-27-22(31)17-13-29(12-16(17)15-4-3-14(23)11-18(15)24)9-2-7-26-20-6-5-19(30(32)33)21(25)28-20/h3-6,11-13H,2,7-10H2,1H3,(H,27,31)(H3,25,26,28). The van der Waals surface area contributed by atoms with E-state index in [9.17, 15) is 14.9 Å². The lowest BCUT2D eigenvalue weighted by Crippen LogP contribution is -2.27. The second kappa shape index (κ2) is 11.7. The number of nitrogens with zero attached hydrogens (tertiary/aromatic N) is 3. The molecule has 12 heteroatoms. The monoisotopic (exact) mass is 506 g/mol. The van der Waals surface area contributed by atoms with Crippen molar-refractivity contribution in [1.82, 2.24) is 14.9 Å². The minimum Gasteiger partial charge on any atom is -0.383 e. The summed E-state index contributed by atoms with van der Waals surface area (Å²) in [5.74, 6) is 0.0666. The lowest BCUT2D eigenvalue weighted by Gasteiger charge is -2.07. The summed E-state index contributed by atoms with van der Waals surface area (Å²) in [4.78, 5) is 27.1. The molecule has 0 fully saturated rings. The molecule has 0 radical (unpaired) electrons. The third kappa shape index (κ3) is 6.37. The Kier molecular flexibility index (Phi) is 8.69. The van der Waals surface area contributed by atoms with E-state index < -0.39 is 4.92 Å². The number of anilines is 2. The number of carbonyl (C=O) groups excluding carboxylic acids is 1. The normalized spacial score (nSPS) is 10.8. The molecule has 0 saturated carbocycles. The first kappa shape index (κ1) is 25.3. The minimum absolute atomic E-state index is 0.144. The van der Waals surface area contributed by atoms with Gasteiger partial charge < -0.3 is 25.7 Å². The predicted octanol–water partition coefficient (Wildman–Crippen LogP) is 4.23. The second-order valence-electron chi connectivity index (χ2n) is 7.33. The largest absolute Gasteiger partial charge is 0.383 e. The average molecular weight is 507 g/mol. The fourth-order valence-electron chi connectivity index (χ4n) is 3.30. The van der Waals surface area contributed by atoms with Crippen LogP contribution in [0.2, 0.25) is 10.0 Å². The van der Waals surface area contributed by atoms with E-state index in [-0.39, 0.29) is 17.4 Å². The van der Waals surface area contributed by atoms with E-state index in [0.29, 0.717) is 65.2 Å². The van der Waals surface area contributed by atoms with Gasteiger partial charge in [-0.15, -0.1) is 0 Å². The number of methoxy groups -OCH3 is 1. The van der Waals surface area contributed by atoms with Gasteiger partial charge in [0.15, 0.2) is 0 Å². The van der Waals surface area contributed by atoms with Crippen molar-refractivity contribution in [2.75, 3.05) is 37.9 Å².